The summed E-state index contributed by atoms with van der Waals surface area (Å²) < 4.78 is 14.6. The molecular formula is C28H32FN9O2. The van der Waals surface area contributed by atoms with Crippen molar-refractivity contribution >= 4 is 57.4 Å². The van der Waals surface area contributed by atoms with E-state index in [1.807, 2.05) is 49.0 Å². The van der Waals surface area contributed by atoms with Gasteiger partial charge in [-0.05, 0) is 56.4 Å². The number of carbonyl (C=O) groups is 2. The van der Waals surface area contributed by atoms with Crippen LogP contribution in [0.3, 0.4) is 0 Å². The molecule has 0 unspecified atom stereocenters. The fourth-order valence-electron chi connectivity index (χ4n) is 4.83. The number of halogens is 1. The number of rotatable bonds is 8. The summed E-state index contributed by atoms with van der Waals surface area (Å²) >= 11 is 0. The van der Waals surface area contributed by atoms with E-state index in [2.05, 4.69) is 32.0 Å². The SMILES string of the molecule is CNC(=O)c1c(F)cccc1Nc1nc(Nc2cc3c(cc2N(C)C)CCN3C(=O)CN(C)C)nc2[nH]ccc12. The van der Waals surface area contributed by atoms with E-state index < -0.39 is 11.7 Å². The summed E-state index contributed by atoms with van der Waals surface area (Å²) in [6, 6.07) is 10.2. The largest absolute Gasteiger partial charge is 0.376 e. The molecule has 2 aromatic carbocycles. The summed E-state index contributed by atoms with van der Waals surface area (Å²) in [4.78, 5) is 43.4. The van der Waals surface area contributed by atoms with Crippen LogP contribution in [0.2, 0.25) is 0 Å². The fourth-order valence-corrected chi connectivity index (χ4v) is 4.83. The third-order valence-electron chi connectivity index (χ3n) is 6.71. The van der Waals surface area contributed by atoms with Crippen molar-refractivity contribution in [2.75, 3.05) is 68.8 Å². The maximum absolute atomic E-state index is 14.6. The Labute approximate surface area is 231 Å². The molecule has 0 saturated heterocycles. The number of aromatic nitrogens is 3. The molecule has 0 aliphatic carbocycles. The second kappa shape index (κ2) is 10.8. The van der Waals surface area contributed by atoms with Crippen molar-refractivity contribution in [2.45, 2.75) is 6.42 Å². The Kier molecular flexibility index (Phi) is 7.26. The molecule has 0 fully saturated rings. The lowest BCUT2D eigenvalue weighted by Gasteiger charge is -2.23. The number of benzene rings is 2. The van der Waals surface area contributed by atoms with Crippen molar-refractivity contribution in [2.24, 2.45) is 0 Å². The van der Waals surface area contributed by atoms with Crippen LogP contribution >= 0.6 is 0 Å². The molecule has 0 spiro atoms. The van der Waals surface area contributed by atoms with Crippen LogP contribution in [-0.4, -0.2) is 80.0 Å². The molecule has 0 radical (unpaired) electrons. The number of H-pyrrole nitrogens is 1. The van der Waals surface area contributed by atoms with Crippen molar-refractivity contribution in [1.29, 1.82) is 0 Å². The van der Waals surface area contributed by atoms with E-state index in [0.717, 1.165) is 29.0 Å². The average Bonchev–Trinajstić information content (AvgIpc) is 3.54. The highest BCUT2D eigenvalue weighted by atomic mass is 19.1. The first-order chi connectivity index (χ1) is 19.2. The molecule has 0 bridgehead atoms. The number of carbonyl (C=O) groups excluding carboxylic acids is 2. The van der Waals surface area contributed by atoms with Crippen LogP contribution in [0.1, 0.15) is 15.9 Å². The summed E-state index contributed by atoms with van der Waals surface area (Å²) in [5.74, 6) is -0.503. The van der Waals surface area contributed by atoms with Crippen LogP contribution in [0.4, 0.5) is 38.9 Å². The zero-order valence-corrected chi connectivity index (χ0v) is 23.1. The van der Waals surface area contributed by atoms with Gasteiger partial charge < -0.3 is 35.6 Å². The van der Waals surface area contributed by atoms with Gasteiger partial charge >= 0.3 is 0 Å². The molecule has 40 heavy (non-hydrogen) atoms. The first-order valence-electron chi connectivity index (χ1n) is 12.9. The van der Waals surface area contributed by atoms with E-state index in [4.69, 9.17) is 4.98 Å². The predicted octanol–water partition coefficient (Wildman–Crippen LogP) is 3.46. The van der Waals surface area contributed by atoms with Gasteiger partial charge in [0.1, 0.15) is 17.3 Å². The van der Waals surface area contributed by atoms with Gasteiger partial charge in [-0.1, -0.05) is 6.07 Å². The van der Waals surface area contributed by atoms with Gasteiger partial charge in [-0.15, -0.1) is 0 Å². The second-order valence-electron chi connectivity index (χ2n) is 10.1. The summed E-state index contributed by atoms with van der Waals surface area (Å²) in [6.07, 6.45) is 2.50. The molecule has 208 valence electrons. The molecule has 0 saturated carbocycles. The lowest BCUT2D eigenvalue weighted by Crippen LogP contribution is -2.36. The number of amides is 2. The monoisotopic (exact) mass is 545 g/mol. The van der Waals surface area contributed by atoms with Crippen LogP contribution in [0.25, 0.3) is 11.0 Å². The molecule has 3 heterocycles. The number of fused-ring (bicyclic) bond motifs is 2. The van der Waals surface area contributed by atoms with Gasteiger partial charge in [-0.25, -0.2) is 4.39 Å². The topological polar surface area (TPSA) is 122 Å². The van der Waals surface area contributed by atoms with Crippen molar-refractivity contribution in [3.63, 3.8) is 0 Å². The zero-order valence-electron chi connectivity index (χ0n) is 23.1. The first-order valence-corrected chi connectivity index (χ1v) is 12.9. The Morgan fingerprint density at radius 1 is 1.07 bits per heavy atom. The van der Waals surface area contributed by atoms with Crippen LogP contribution in [0.15, 0.2) is 42.6 Å². The highest BCUT2D eigenvalue weighted by Gasteiger charge is 2.27. The molecule has 2 amide bonds. The normalized spacial score (nSPS) is 12.5. The van der Waals surface area contributed by atoms with E-state index in [-0.39, 0.29) is 23.1 Å². The van der Waals surface area contributed by atoms with Crippen molar-refractivity contribution in [3.8, 4) is 0 Å². The second-order valence-corrected chi connectivity index (χ2v) is 10.1. The standard InChI is InChI=1S/C28H32FN9O2/c1-30-27(40)24-18(29)7-6-8-19(24)32-26-17-9-11-31-25(17)34-28(35-26)33-20-14-21-16(13-22(20)37(4)5)10-12-38(21)23(39)15-36(2)3/h6-9,11,13-14H,10,12,15H2,1-5H3,(H,30,40)(H3,31,32,33,34,35). The summed E-state index contributed by atoms with van der Waals surface area (Å²) in [6.45, 7) is 0.941. The van der Waals surface area contributed by atoms with Crippen molar-refractivity contribution in [3.05, 3.63) is 59.5 Å². The summed E-state index contributed by atoms with van der Waals surface area (Å²) in [5, 5.41) is 9.59. The van der Waals surface area contributed by atoms with E-state index >= 15 is 0 Å². The third kappa shape index (κ3) is 5.13. The number of nitrogens with one attached hydrogen (secondary N) is 4. The molecule has 11 nitrogen and oxygen atoms in total. The van der Waals surface area contributed by atoms with Gasteiger partial charge in [0.15, 0.2) is 0 Å². The van der Waals surface area contributed by atoms with Crippen LogP contribution in [-0.2, 0) is 11.2 Å². The van der Waals surface area contributed by atoms with E-state index in [9.17, 15) is 14.0 Å². The maximum Gasteiger partial charge on any atom is 0.256 e. The van der Waals surface area contributed by atoms with Gasteiger partial charge in [-0.3, -0.25) is 9.59 Å². The van der Waals surface area contributed by atoms with E-state index in [0.29, 0.717) is 29.9 Å². The van der Waals surface area contributed by atoms with Crippen LogP contribution < -0.4 is 25.8 Å². The smallest absolute Gasteiger partial charge is 0.256 e. The number of hydrogen-bond donors (Lipinski definition) is 4. The lowest BCUT2D eigenvalue weighted by molar-refractivity contribution is -0.119. The zero-order chi connectivity index (χ0) is 28.6. The minimum absolute atomic E-state index is 0.0323. The van der Waals surface area contributed by atoms with E-state index in [1.165, 1.54) is 19.2 Å². The Bertz CT molecular complexity index is 1600. The quantitative estimate of drug-likeness (QED) is 0.266. The predicted molar refractivity (Wildman–Crippen MR) is 156 cm³/mol. The minimum Gasteiger partial charge on any atom is -0.376 e. The number of nitrogens with zero attached hydrogens (tertiary/aromatic N) is 5. The van der Waals surface area contributed by atoms with Gasteiger partial charge in [0.05, 0.1) is 34.6 Å². The Hall–Kier alpha value is -4.71. The van der Waals surface area contributed by atoms with Crippen LogP contribution in [0, 0.1) is 5.82 Å². The Balaban J connectivity index is 1.54. The van der Waals surface area contributed by atoms with Crippen molar-refractivity contribution < 1.29 is 14.0 Å². The van der Waals surface area contributed by atoms with Gasteiger partial charge in [0.25, 0.3) is 5.91 Å². The minimum atomic E-state index is -0.649. The third-order valence-corrected chi connectivity index (χ3v) is 6.71. The van der Waals surface area contributed by atoms with Gasteiger partial charge in [0.2, 0.25) is 11.9 Å². The molecular weight excluding hydrogens is 513 g/mol. The highest BCUT2D eigenvalue weighted by molar-refractivity contribution is 6.02. The molecule has 4 aromatic rings. The van der Waals surface area contributed by atoms with E-state index in [1.54, 1.807) is 18.3 Å². The highest BCUT2D eigenvalue weighted by Crippen LogP contribution is 2.39. The number of hydrogen-bond acceptors (Lipinski definition) is 8. The molecule has 1 aliphatic heterocycles. The fraction of sp³-hybridized carbons (Fsp3) is 0.286. The Morgan fingerprint density at radius 3 is 2.60 bits per heavy atom. The molecule has 0 atom stereocenters. The molecule has 12 heteroatoms. The molecule has 5 rings (SSSR count). The Morgan fingerprint density at radius 2 is 1.88 bits per heavy atom. The number of aromatic amines is 1. The molecule has 2 aromatic heterocycles. The number of likely N-dealkylation sites (N-methyl/N-ethyl adjacent to an activating group) is 1. The summed E-state index contributed by atoms with van der Waals surface area (Å²) in [5.41, 5.74) is 4.30. The first kappa shape index (κ1) is 26.9. The van der Waals surface area contributed by atoms with Crippen molar-refractivity contribution in [1.82, 2.24) is 25.2 Å². The lowest BCUT2D eigenvalue weighted by atomic mass is 10.1. The molecule has 1 aliphatic rings. The van der Waals surface area contributed by atoms with Gasteiger partial charge in [-0.2, -0.15) is 9.97 Å². The van der Waals surface area contributed by atoms with Crippen LogP contribution in [0.5, 0.6) is 0 Å². The number of anilines is 6. The molecule has 4 N–H and O–H groups in total. The summed E-state index contributed by atoms with van der Waals surface area (Å²) in [7, 11) is 9.09. The average molecular weight is 546 g/mol. The maximum atomic E-state index is 14.6. The van der Waals surface area contributed by atoms with Gasteiger partial charge in [0, 0.05) is 39.6 Å².